The molecule has 0 bridgehead atoms. The maximum atomic E-state index is 13.0. The van der Waals surface area contributed by atoms with E-state index in [1.54, 1.807) is 0 Å². The highest BCUT2D eigenvalue weighted by Crippen LogP contribution is 2.39. The van der Waals surface area contributed by atoms with Gasteiger partial charge in [-0.25, -0.2) is 0 Å². The van der Waals surface area contributed by atoms with Gasteiger partial charge in [0.15, 0.2) is 0 Å². The summed E-state index contributed by atoms with van der Waals surface area (Å²) >= 11 is 0. The summed E-state index contributed by atoms with van der Waals surface area (Å²) in [5.74, 6) is 0.176. The van der Waals surface area contributed by atoms with E-state index >= 15 is 0 Å². The molecule has 5 rings (SSSR count). The number of fused-ring (bicyclic) bond motifs is 1. The molecule has 3 aromatic rings. The van der Waals surface area contributed by atoms with Gasteiger partial charge in [-0.1, -0.05) is 24.3 Å². The number of carbonyl (C=O) groups is 1. The van der Waals surface area contributed by atoms with E-state index in [2.05, 4.69) is 15.3 Å². The van der Waals surface area contributed by atoms with E-state index < -0.39 is 17.6 Å². The standard InChI is InChI=1S/C24H18F3N3O/c25-24(26,27)18-7-9-20-22(11-18)30-23(31)12-21(29-20)16-3-1-2-15(10-16)17-6-8-19(28-13-17)14-4-5-14/h1-3,6-11,13-14H,4-5,12H2,(H,30,31). The average Bonchev–Trinajstić information content (AvgIpc) is 3.60. The third kappa shape index (κ3) is 4.08. The number of nitrogens with one attached hydrogen (secondary N) is 1. The van der Waals surface area contributed by atoms with Crippen molar-refractivity contribution < 1.29 is 18.0 Å². The molecule has 1 saturated carbocycles. The first kappa shape index (κ1) is 19.5. The fraction of sp³-hybridized carbons (Fsp3) is 0.208. The fourth-order valence-electron chi connectivity index (χ4n) is 3.68. The first-order chi connectivity index (χ1) is 14.9. The van der Waals surface area contributed by atoms with E-state index in [-0.39, 0.29) is 12.1 Å². The molecule has 2 aromatic carbocycles. The Kier molecular flexibility index (Phi) is 4.61. The monoisotopic (exact) mass is 421 g/mol. The molecule has 156 valence electrons. The Morgan fingerprint density at radius 3 is 2.45 bits per heavy atom. The number of benzene rings is 2. The molecule has 0 unspecified atom stereocenters. The van der Waals surface area contributed by atoms with Gasteiger partial charge >= 0.3 is 6.18 Å². The third-order valence-electron chi connectivity index (χ3n) is 5.49. The van der Waals surface area contributed by atoms with Crippen LogP contribution in [0.5, 0.6) is 0 Å². The number of carbonyl (C=O) groups excluding carboxylic acids is 1. The Morgan fingerprint density at radius 2 is 1.74 bits per heavy atom. The largest absolute Gasteiger partial charge is 0.416 e. The van der Waals surface area contributed by atoms with Crippen LogP contribution in [0.25, 0.3) is 11.1 Å². The molecule has 7 heteroatoms. The molecule has 0 atom stereocenters. The zero-order valence-electron chi connectivity index (χ0n) is 16.4. The smallest absolute Gasteiger partial charge is 0.324 e. The predicted molar refractivity (Wildman–Crippen MR) is 113 cm³/mol. The normalized spacial score (nSPS) is 16.2. The average molecular weight is 421 g/mol. The van der Waals surface area contributed by atoms with Gasteiger partial charge in [-0.15, -0.1) is 0 Å². The molecule has 0 radical (unpaired) electrons. The number of rotatable bonds is 3. The summed E-state index contributed by atoms with van der Waals surface area (Å²) in [7, 11) is 0. The molecule has 1 N–H and O–H groups in total. The number of amides is 1. The number of hydrogen-bond donors (Lipinski definition) is 1. The van der Waals surface area contributed by atoms with Gasteiger partial charge in [-0.2, -0.15) is 13.2 Å². The topological polar surface area (TPSA) is 54.4 Å². The Bertz CT molecular complexity index is 1200. The van der Waals surface area contributed by atoms with Crippen LogP contribution in [0.15, 0.2) is 65.8 Å². The van der Waals surface area contributed by atoms with Gasteiger partial charge in [0.2, 0.25) is 5.91 Å². The van der Waals surface area contributed by atoms with Crippen LogP contribution in [0, 0.1) is 0 Å². The molecular formula is C24H18F3N3O. The van der Waals surface area contributed by atoms with Crippen molar-refractivity contribution in [2.75, 3.05) is 5.32 Å². The quantitative estimate of drug-likeness (QED) is 0.555. The van der Waals surface area contributed by atoms with Crippen LogP contribution in [-0.4, -0.2) is 16.6 Å². The van der Waals surface area contributed by atoms with E-state index in [4.69, 9.17) is 0 Å². The summed E-state index contributed by atoms with van der Waals surface area (Å²) in [6.07, 6.45) is -0.290. The molecule has 2 heterocycles. The Labute approximate surface area is 176 Å². The van der Waals surface area contributed by atoms with Gasteiger partial charge in [0, 0.05) is 23.4 Å². The molecule has 1 fully saturated rings. The Hall–Kier alpha value is -3.48. The van der Waals surface area contributed by atoms with Gasteiger partial charge in [-0.3, -0.25) is 14.8 Å². The van der Waals surface area contributed by atoms with E-state index in [0.29, 0.717) is 17.3 Å². The lowest BCUT2D eigenvalue weighted by Crippen LogP contribution is -2.15. The van der Waals surface area contributed by atoms with E-state index in [1.165, 1.54) is 18.9 Å². The van der Waals surface area contributed by atoms with Crippen molar-refractivity contribution >= 4 is 23.0 Å². The van der Waals surface area contributed by atoms with Gasteiger partial charge in [-0.05, 0) is 54.3 Å². The van der Waals surface area contributed by atoms with Crippen molar-refractivity contribution in [2.24, 2.45) is 4.99 Å². The molecule has 31 heavy (non-hydrogen) atoms. The number of pyridine rings is 1. The maximum absolute atomic E-state index is 13.0. The minimum Gasteiger partial charge on any atom is -0.324 e. The number of alkyl halides is 3. The van der Waals surface area contributed by atoms with Crippen molar-refractivity contribution in [2.45, 2.75) is 31.4 Å². The molecule has 1 amide bonds. The predicted octanol–water partition coefficient (Wildman–Crippen LogP) is 6.11. The van der Waals surface area contributed by atoms with Crippen LogP contribution < -0.4 is 5.32 Å². The number of aliphatic imine (C=N–C) groups is 1. The fourth-order valence-corrected chi connectivity index (χ4v) is 3.68. The first-order valence-electron chi connectivity index (χ1n) is 10.0. The van der Waals surface area contributed by atoms with Crippen LogP contribution >= 0.6 is 0 Å². The highest BCUT2D eigenvalue weighted by Gasteiger charge is 2.31. The van der Waals surface area contributed by atoms with E-state index in [9.17, 15) is 18.0 Å². The van der Waals surface area contributed by atoms with Crippen LogP contribution in [-0.2, 0) is 11.0 Å². The van der Waals surface area contributed by atoms with Crippen LogP contribution in [0.4, 0.5) is 24.5 Å². The summed E-state index contributed by atoms with van der Waals surface area (Å²) in [5, 5.41) is 2.54. The Morgan fingerprint density at radius 1 is 0.935 bits per heavy atom. The van der Waals surface area contributed by atoms with Crippen molar-refractivity contribution in [1.82, 2.24) is 4.98 Å². The van der Waals surface area contributed by atoms with Gasteiger partial charge in [0.1, 0.15) is 0 Å². The van der Waals surface area contributed by atoms with Gasteiger partial charge < -0.3 is 5.32 Å². The minimum atomic E-state index is -4.49. The molecule has 4 nitrogen and oxygen atoms in total. The molecule has 1 aliphatic carbocycles. The van der Waals surface area contributed by atoms with Crippen molar-refractivity contribution in [3.8, 4) is 11.1 Å². The number of halogens is 3. The summed E-state index contributed by atoms with van der Waals surface area (Å²) in [4.78, 5) is 21.4. The third-order valence-corrected chi connectivity index (χ3v) is 5.49. The maximum Gasteiger partial charge on any atom is 0.416 e. The second-order valence-corrected chi connectivity index (χ2v) is 7.84. The summed E-state index contributed by atoms with van der Waals surface area (Å²) in [5.41, 5.74) is 3.79. The molecule has 1 aliphatic heterocycles. The van der Waals surface area contributed by atoms with Crippen LogP contribution in [0.1, 0.15) is 42.0 Å². The van der Waals surface area contributed by atoms with Gasteiger partial charge in [0.05, 0.1) is 29.1 Å². The summed E-state index contributed by atoms with van der Waals surface area (Å²) in [6.45, 7) is 0. The minimum absolute atomic E-state index is 0.0294. The molecule has 0 saturated heterocycles. The van der Waals surface area contributed by atoms with E-state index in [0.717, 1.165) is 34.5 Å². The van der Waals surface area contributed by atoms with Crippen molar-refractivity contribution in [1.29, 1.82) is 0 Å². The zero-order chi connectivity index (χ0) is 21.6. The molecule has 0 spiro atoms. The first-order valence-corrected chi connectivity index (χ1v) is 10.0. The second-order valence-electron chi connectivity index (χ2n) is 7.84. The second kappa shape index (κ2) is 7.34. The van der Waals surface area contributed by atoms with E-state index in [1.807, 2.05) is 42.6 Å². The number of aromatic nitrogens is 1. The highest BCUT2D eigenvalue weighted by molar-refractivity contribution is 6.17. The Balaban J connectivity index is 1.50. The lowest BCUT2D eigenvalue weighted by Gasteiger charge is -2.10. The molecule has 1 aromatic heterocycles. The van der Waals surface area contributed by atoms with Crippen LogP contribution in [0.3, 0.4) is 0 Å². The number of anilines is 1. The summed E-state index contributed by atoms with van der Waals surface area (Å²) < 4.78 is 39.1. The SMILES string of the molecule is O=C1CC(c2cccc(-c3ccc(C4CC4)nc3)c2)=Nc2ccc(C(F)(F)F)cc2N1. The number of nitrogens with zero attached hydrogens (tertiary/aromatic N) is 2. The van der Waals surface area contributed by atoms with Crippen LogP contribution in [0.2, 0.25) is 0 Å². The lowest BCUT2D eigenvalue weighted by atomic mass is 10.00. The zero-order valence-corrected chi connectivity index (χ0v) is 16.4. The number of hydrogen-bond acceptors (Lipinski definition) is 3. The van der Waals surface area contributed by atoms with Crippen molar-refractivity contribution in [3.63, 3.8) is 0 Å². The molecule has 2 aliphatic rings. The molecular weight excluding hydrogens is 403 g/mol. The lowest BCUT2D eigenvalue weighted by molar-refractivity contribution is -0.137. The van der Waals surface area contributed by atoms with Gasteiger partial charge in [0.25, 0.3) is 0 Å². The highest BCUT2D eigenvalue weighted by atomic mass is 19.4. The van der Waals surface area contributed by atoms with Crippen molar-refractivity contribution in [3.05, 3.63) is 77.6 Å². The summed E-state index contributed by atoms with van der Waals surface area (Å²) in [6, 6.07) is 14.9.